The summed E-state index contributed by atoms with van der Waals surface area (Å²) in [6, 6.07) is 7.93. The molecule has 3 rings (SSSR count). The standard InChI is InChI=1S/C22H22N4O6/c1-4-31-21(27)18-13(2)25-14(3)19(22(28)32-12-15-7-5-6-10-23-15)20(18)17-9-8-16(11-24-17)26(29)30/h5-11,20,25H,4,12H2,1-3H3. The van der Waals surface area contributed by atoms with Crippen molar-refractivity contribution in [2.75, 3.05) is 6.61 Å². The molecular weight excluding hydrogens is 416 g/mol. The van der Waals surface area contributed by atoms with E-state index in [1.165, 1.54) is 12.1 Å². The zero-order valence-corrected chi connectivity index (χ0v) is 17.8. The Kier molecular flexibility index (Phi) is 6.93. The summed E-state index contributed by atoms with van der Waals surface area (Å²) in [5.41, 5.74) is 1.95. The molecule has 0 radical (unpaired) electrons. The van der Waals surface area contributed by atoms with Crippen molar-refractivity contribution in [3.05, 3.63) is 86.8 Å². The van der Waals surface area contributed by atoms with E-state index in [1.54, 1.807) is 45.2 Å². The van der Waals surface area contributed by atoms with Gasteiger partial charge in [0.25, 0.3) is 5.69 Å². The van der Waals surface area contributed by atoms with E-state index in [1.807, 2.05) is 0 Å². The van der Waals surface area contributed by atoms with Crippen LogP contribution in [0, 0.1) is 10.1 Å². The first-order valence-electron chi connectivity index (χ1n) is 9.86. The van der Waals surface area contributed by atoms with Crippen molar-refractivity contribution >= 4 is 17.6 Å². The molecule has 2 aromatic rings. The number of pyridine rings is 2. The number of esters is 2. The molecule has 0 saturated heterocycles. The van der Waals surface area contributed by atoms with Gasteiger partial charge in [-0.25, -0.2) is 9.59 Å². The van der Waals surface area contributed by atoms with Crippen molar-refractivity contribution in [1.82, 2.24) is 15.3 Å². The van der Waals surface area contributed by atoms with E-state index in [0.717, 1.165) is 6.20 Å². The van der Waals surface area contributed by atoms with Crippen molar-refractivity contribution < 1.29 is 24.0 Å². The van der Waals surface area contributed by atoms with Crippen molar-refractivity contribution in [1.29, 1.82) is 0 Å². The zero-order chi connectivity index (χ0) is 23.3. The van der Waals surface area contributed by atoms with E-state index >= 15 is 0 Å². The number of aromatic nitrogens is 2. The molecule has 1 aliphatic heterocycles. The third kappa shape index (κ3) is 4.80. The molecule has 3 heterocycles. The molecule has 0 saturated carbocycles. The Labute approximate surface area is 184 Å². The molecule has 0 amide bonds. The summed E-state index contributed by atoms with van der Waals surface area (Å²) in [5, 5.41) is 14.1. The van der Waals surface area contributed by atoms with Gasteiger partial charge in [-0.1, -0.05) is 6.07 Å². The Bertz CT molecular complexity index is 1090. The van der Waals surface area contributed by atoms with E-state index in [0.29, 0.717) is 17.1 Å². The molecule has 32 heavy (non-hydrogen) atoms. The van der Waals surface area contributed by atoms with Crippen LogP contribution in [-0.4, -0.2) is 33.4 Å². The third-order valence-electron chi connectivity index (χ3n) is 4.83. The van der Waals surface area contributed by atoms with Crippen molar-refractivity contribution in [2.45, 2.75) is 33.3 Å². The van der Waals surface area contributed by atoms with Gasteiger partial charge in [-0.2, -0.15) is 0 Å². The van der Waals surface area contributed by atoms with Gasteiger partial charge in [0.2, 0.25) is 0 Å². The molecule has 10 heteroatoms. The summed E-state index contributed by atoms with van der Waals surface area (Å²) in [6.07, 6.45) is 2.67. The Morgan fingerprint density at radius 2 is 1.75 bits per heavy atom. The smallest absolute Gasteiger partial charge is 0.337 e. The molecule has 166 valence electrons. The van der Waals surface area contributed by atoms with E-state index in [4.69, 9.17) is 9.47 Å². The molecule has 10 nitrogen and oxygen atoms in total. The number of nitro groups is 1. The average Bonchev–Trinajstić information content (AvgIpc) is 2.77. The first kappa shape index (κ1) is 22.6. The van der Waals surface area contributed by atoms with E-state index in [-0.39, 0.29) is 35.7 Å². The van der Waals surface area contributed by atoms with Gasteiger partial charge < -0.3 is 14.8 Å². The zero-order valence-electron chi connectivity index (χ0n) is 17.8. The number of hydrogen-bond donors (Lipinski definition) is 1. The highest BCUT2D eigenvalue weighted by molar-refractivity contribution is 5.99. The van der Waals surface area contributed by atoms with E-state index in [2.05, 4.69) is 15.3 Å². The van der Waals surface area contributed by atoms with Gasteiger partial charge in [0, 0.05) is 23.7 Å². The minimum atomic E-state index is -0.924. The van der Waals surface area contributed by atoms with Gasteiger partial charge in [-0.05, 0) is 39.0 Å². The second kappa shape index (κ2) is 9.82. The van der Waals surface area contributed by atoms with Crippen LogP contribution in [0.1, 0.15) is 38.1 Å². The van der Waals surface area contributed by atoms with Crippen LogP contribution in [0.15, 0.2) is 65.3 Å². The Balaban J connectivity index is 2.01. The highest BCUT2D eigenvalue weighted by Gasteiger charge is 2.39. The maximum atomic E-state index is 13.1. The summed E-state index contributed by atoms with van der Waals surface area (Å²) in [4.78, 5) is 44.6. The number of nitrogens with zero attached hydrogens (tertiary/aromatic N) is 3. The van der Waals surface area contributed by atoms with Crippen LogP contribution in [0.25, 0.3) is 0 Å². The lowest BCUT2D eigenvalue weighted by atomic mass is 9.82. The Morgan fingerprint density at radius 1 is 1.06 bits per heavy atom. The second-order valence-electron chi connectivity index (χ2n) is 6.95. The lowest BCUT2D eigenvalue weighted by Crippen LogP contribution is -2.33. The minimum absolute atomic E-state index is 0.0612. The highest BCUT2D eigenvalue weighted by atomic mass is 16.6. The van der Waals surface area contributed by atoms with Gasteiger partial charge in [-0.3, -0.25) is 20.1 Å². The summed E-state index contributed by atoms with van der Waals surface area (Å²) >= 11 is 0. The maximum absolute atomic E-state index is 13.1. The van der Waals surface area contributed by atoms with Gasteiger partial charge in [0.15, 0.2) is 0 Å². The number of hydrogen-bond acceptors (Lipinski definition) is 9. The quantitative estimate of drug-likeness (QED) is 0.393. The van der Waals surface area contributed by atoms with Gasteiger partial charge in [0.1, 0.15) is 12.8 Å². The molecule has 2 aromatic heterocycles. The van der Waals surface area contributed by atoms with Gasteiger partial charge >= 0.3 is 11.9 Å². The summed E-state index contributed by atoms with van der Waals surface area (Å²) in [7, 11) is 0. The fourth-order valence-electron chi connectivity index (χ4n) is 3.42. The summed E-state index contributed by atoms with van der Waals surface area (Å²) < 4.78 is 10.7. The molecule has 0 aromatic carbocycles. The van der Waals surface area contributed by atoms with Crippen LogP contribution >= 0.6 is 0 Å². The lowest BCUT2D eigenvalue weighted by molar-refractivity contribution is -0.385. The number of rotatable bonds is 7. The monoisotopic (exact) mass is 438 g/mol. The van der Waals surface area contributed by atoms with Gasteiger partial charge in [-0.15, -0.1) is 0 Å². The topological polar surface area (TPSA) is 134 Å². The second-order valence-corrected chi connectivity index (χ2v) is 6.95. The molecule has 1 N–H and O–H groups in total. The van der Waals surface area contributed by atoms with Crippen molar-refractivity contribution in [3.8, 4) is 0 Å². The predicted molar refractivity (Wildman–Crippen MR) is 113 cm³/mol. The summed E-state index contributed by atoms with van der Waals surface area (Å²) in [5.74, 6) is -2.21. The molecule has 1 unspecified atom stereocenters. The summed E-state index contributed by atoms with van der Waals surface area (Å²) in [6.45, 7) is 5.12. The van der Waals surface area contributed by atoms with Gasteiger partial charge in [0.05, 0.1) is 40.0 Å². The van der Waals surface area contributed by atoms with Crippen molar-refractivity contribution in [3.63, 3.8) is 0 Å². The predicted octanol–water partition coefficient (Wildman–Crippen LogP) is 2.93. The fourth-order valence-corrected chi connectivity index (χ4v) is 3.42. The first-order valence-corrected chi connectivity index (χ1v) is 9.86. The fraction of sp³-hybridized carbons (Fsp3) is 0.273. The third-order valence-corrected chi connectivity index (χ3v) is 4.83. The van der Waals surface area contributed by atoms with Crippen LogP contribution in [0.4, 0.5) is 5.69 Å². The molecule has 0 spiro atoms. The van der Waals surface area contributed by atoms with Crippen LogP contribution in [0.3, 0.4) is 0 Å². The lowest BCUT2D eigenvalue weighted by Gasteiger charge is -2.29. The van der Waals surface area contributed by atoms with Crippen LogP contribution in [0.5, 0.6) is 0 Å². The average molecular weight is 438 g/mol. The Morgan fingerprint density at radius 3 is 2.28 bits per heavy atom. The van der Waals surface area contributed by atoms with Crippen LogP contribution < -0.4 is 5.32 Å². The normalized spacial score (nSPS) is 15.8. The minimum Gasteiger partial charge on any atom is -0.463 e. The van der Waals surface area contributed by atoms with Crippen LogP contribution in [-0.2, 0) is 25.7 Å². The number of dihydropyridines is 1. The maximum Gasteiger partial charge on any atom is 0.337 e. The Hall–Kier alpha value is -4.08. The molecule has 1 atom stereocenters. The number of allylic oxidation sites excluding steroid dienone is 2. The van der Waals surface area contributed by atoms with E-state index < -0.39 is 22.8 Å². The SMILES string of the molecule is CCOC(=O)C1=C(C)NC(C)=C(C(=O)OCc2ccccn2)C1c1ccc([N+](=O)[O-])cn1. The number of ether oxygens (including phenoxy) is 2. The molecule has 1 aliphatic rings. The van der Waals surface area contributed by atoms with Crippen LogP contribution in [0.2, 0.25) is 0 Å². The highest BCUT2D eigenvalue weighted by Crippen LogP contribution is 2.38. The number of carbonyl (C=O) groups is 2. The molecular formula is C22H22N4O6. The van der Waals surface area contributed by atoms with Crippen molar-refractivity contribution in [2.24, 2.45) is 0 Å². The number of nitrogens with one attached hydrogen (secondary N) is 1. The molecule has 0 bridgehead atoms. The molecule has 0 aliphatic carbocycles. The molecule has 0 fully saturated rings. The largest absolute Gasteiger partial charge is 0.463 e. The number of carbonyl (C=O) groups excluding carboxylic acids is 2. The van der Waals surface area contributed by atoms with E-state index in [9.17, 15) is 19.7 Å². The first-order chi connectivity index (χ1) is 15.3.